The molecule has 24 heavy (non-hydrogen) atoms. The van der Waals surface area contributed by atoms with E-state index in [-0.39, 0.29) is 12.2 Å². The maximum atomic E-state index is 11.2. The second kappa shape index (κ2) is 11.4. The first-order valence-electron chi connectivity index (χ1n) is 8.02. The van der Waals surface area contributed by atoms with Gasteiger partial charge < -0.3 is 9.84 Å². The Morgan fingerprint density at radius 1 is 1.29 bits per heavy atom. The van der Waals surface area contributed by atoms with Crippen molar-refractivity contribution >= 4 is 29.3 Å². The molecule has 1 unspecified atom stereocenters. The highest BCUT2D eigenvalue weighted by atomic mass is 35.5. The van der Waals surface area contributed by atoms with Crippen LogP contribution in [0, 0.1) is 11.3 Å². The van der Waals surface area contributed by atoms with E-state index in [1.54, 1.807) is 6.07 Å². The molecule has 0 amide bonds. The summed E-state index contributed by atoms with van der Waals surface area (Å²) in [5, 5.41) is 19.8. The van der Waals surface area contributed by atoms with Crippen molar-refractivity contribution in [3.05, 3.63) is 34.9 Å². The van der Waals surface area contributed by atoms with E-state index in [1.165, 1.54) is 24.4 Å². The van der Waals surface area contributed by atoms with Crippen LogP contribution in [0.1, 0.15) is 37.7 Å². The molecule has 1 rings (SSSR count). The van der Waals surface area contributed by atoms with Gasteiger partial charge in [-0.15, -0.1) is 0 Å². The first-order chi connectivity index (χ1) is 11.5. The number of halogens is 1. The summed E-state index contributed by atoms with van der Waals surface area (Å²) in [6.07, 6.45) is 5.20. The molecule has 1 aromatic rings. The lowest BCUT2D eigenvalue weighted by molar-refractivity contribution is -0.143. The average molecular weight is 370 g/mol. The van der Waals surface area contributed by atoms with Crippen LogP contribution in [-0.4, -0.2) is 35.3 Å². The van der Waals surface area contributed by atoms with Crippen LogP contribution < -0.4 is 0 Å². The van der Waals surface area contributed by atoms with Crippen LogP contribution in [-0.2, 0) is 16.0 Å². The zero-order valence-corrected chi connectivity index (χ0v) is 15.5. The second-order valence-corrected chi connectivity index (χ2v) is 7.28. The number of methoxy groups -OCH3 is 1. The van der Waals surface area contributed by atoms with Gasteiger partial charge in [-0.2, -0.15) is 17.0 Å². The van der Waals surface area contributed by atoms with E-state index in [4.69, 9.17) is 16.9 Å². The molecule has 0 heterocycles. The molecule has 132 valence electrons. The van der Waals surface area contributed by atoms with E-state index in [0.717, 1.165) is 42.9 Å². The molecule has 0 radical (unpaired) electrons. The molecule has 1 atom stereocenters. The summed E-state index contributed by atoms with van der Waals surface area (Å²) in [4.78, 5) is 11.2. The standard InChI is InChI=1S/C18H24ClNO3S/c1-23-17(21)12-18(22,13-20)14-24-11-5-3-2-4-6-15-7-9-16(19)10-8-15/h7-10,22H,2-6,11-12,14H2,1H3. The number of ether oxygens (including phenoxy) is 1. The SMILES string of the molecule is COC(=O)CC(O)(C#N)CSCCCCCCc1ccc(Cl)cc1. The predicted molar refractivity (Wildman–Crippen MR) is 98.1 cm³/mol. The van der Waals surface area contributed by atoms with E-state index in [2.05, 4.69) is 16.9 Å². The quantitative estimate of drug-likeness (QED) is 0.362. The first-order valence-corrected chi connectivity index (χ1v) is 9.55. The van der Waals surface area contributed by atoms with Gasteiger partial charge in [0, 0.05) is 10.8 Å². The van der Waals surface area contributed by atoms with Crippen LogP contribution in [0.5, 0.6) is 0 Å². The Morgan fingerprint density at radius 3 is 2.58 bits per heavy atom. The van der Waals surface area contributed by atoms with Crippen molar-refractivity contribution in [2.24, 2.45) is 0 Å². The fraction of sp³-hybridized carbons (Fsp3) is 0.556. The number of rotatable bonds is 11. The van der Waals surface area contributed by atoms with Crippen molar-refractivity contribution in [3.8, 4) is 6.07 Å². The third kappa shape index (κ3) is 8.58. The number of carbonyl (C=O) groups is 1. The predicted octanol–water partition coefficient (Wildman–Crippen LogP) is 3.99. The molecule has 6 heteroatoms. The number of aliphatic hydroxyl groups is 1. The van der Waals surface area contributed by atoms with Gasteiger partial charge in [0.05, 0.1) is 19.6 Å². The number of esters is 1. The zero-order chi connectivity index (χ0) is 17.8. The summed E-state index contributed by atoms with van der Waals surface area (Å²) >= 11 is 7.35. The number of nitriles is 1. The van der Waals surface area contributed by atoms with E-state index in [0.29, 0.717) is 0 Å². The molecule has 0 aliphatic heterocycles. The number of nitrogens with zero attached hydrogens (tertiary/aromatic N) is 1. The summed E-state index contributed by atoms with van der Waals surface area (Å²) in [7, 11) is 1.25. The molecular formula is C18H24ClNO3S. The minimum Gasteiger partial charge on any atom is -0.469 e. The van der Waals surface area contributed by atoms with Gasteiger partial charge in [0.1, 0.15) is 0 Å². The minimum atomic E-state index is -1.63. The van der Waals surface area contributed by atoms with Gasteiger partial charge in [-0.05, 0) is 42.7 Å². The number of thioether (sulfide) groups is 1. The smallest absolute Gasteiger partial charge is 0.309 e. The third-order valence-corrected chi connectivity index (χ3v) is 5.14. The number of carbonyl (C=O) groups excluding carboxylic acids is 1. The van der Waals surface area contributed by atoms with Crippen LogP contribution in [0.2, 0.25) is 5.02 Å². The van der Waals surface area contributed by atoms with Crippen molar-refractivity contribution in [1.29, 1.82) is 5.26 Å². The molecule has 0 fully saturated rings. The maximum absolute atomic E-state index is 11.2. The molecule has 0 aliphatic carbocycles. The number of aryl methyl sites for hydroxylation is 1. The molecule has 0 bridgehead atoms. The van der Waals surface area contributed by atoms with Gasteiger partial charge in [-0.1, -0.05) is 36.6 Å². The molecule has 1 N–H and O–H groups in total. The fourth-order valence-electron chi connectivity index (χ4n) is 2.21. The highest BCUT2D eigenvalue weighted by molar-refractivity contribution is 7.99. The third-order valence-electron chi connectivity index (χ3n) is 3.63. The van der Waals surface area contributed by atoms with Gasteiger partial charge in [-0.3, -0.25) is 4.79 Å². The molecule has 0 aliphatic rings. The topological polar surface area (TPSA) is 70.3 Å². The van der Waals surface area contributed by atoms with E-state index < -0.39 is 11.6 Å². The average Bonchev–Trinajstić information content (AvgIpc) is 2.58. The molecule has 0 spiro atoms. The molecule has 1 aromatic carbocycles. The van der Waals surface area contributed by atoms with E-state index in [1.807, 2.05) is 12.1 Å². The van der Waals surface area contributed by atoms with Crippen molar-refractivity contribution in [2.45, 2.75) is 44.1 Å². The molecule has 0 saturated heterocycles. The van der Waals surface area contributed by atoms with Crippen LogP contribution >= 0.6 is 23.4 Å². The number of benzene rings is 1. The Hall–Kier alpha value is -1.22. The lowest BCUT2D eigenvalue weighted by Crippen LogP contribution is -2.33. The summed E-state index contributed by atoms with van der Waals surface area (Å²) in [5.74, 6) is 0.525. The Morgan fingerprint density at radius 2 is 1.96 bits per heavy atom. The number of hydrogen-bond donors (Lipinski definition) is 1. The largest absolute Gasteiger partial charge is 0.469 e. The van der Waals surface area contributed by atoms with Crippen LogP contribution in [0.4, 0.5) is 0 Å². The lowest BCUT2D eigenvalue weighted by Gasteiger charge is -2.18. The molecule has 0 saturated carbocycles. The van der Waals surface area contributed by atoms with Crippen LogP contribution in [0.15, 0.2) is 24.3 Å². The highest BCUT2D eigenvalue weighted by Gasteiger charge is 2.30. The van der Waals surface area contributed by atoms with Gasteiger partial charge in [-0.25, -0.2) is 0 Å². The van der Waals surface area contributed by atoms with Crippen molar-refractivity contribution in [3.63, 3.8) is 0 Å². The summed E-state index contributed by atoms with van der Waals surface area (Å²) < 4.78 is 4.50. The van der Waals surface area contributed by atoms with Gasteiger partial charge in [0.15, 0.2) is 5.60 Å². The Labute approximate surface area is 153 Å². The molecule has 0 aromatic heterocycles. The van der Waals surface area contributed by atoms with Gasteiger partial charge >= 0.3 is 5.97 Å². The Balaban J connectivity index is 2.08. The highest BCUT2D eigenvalue weighted by Crippen LogP contribution is 2.19. The monoisotopic (exact) mass is 369 g/mol. The molecular weight excluding hydrogens is 346 g/mol. The van der Waals surface area contributed by atoms with E-state index in [9.17, 15) is 9.90 Å². The first kappa shape index (κ1) is 20.8. The van der Waals surface area contributed by atoms with Crippen LogP contribution in [0.3, 0.4) is 0 Å². The van der Waals surface area contributed by atoms with E-state index >= 15 is 0 Å². The minimum absolute atomic E-state index is 0.226. The maximum Gasteiger partial charge on any atom is 0.309 e. The van der Waals surface area contributed by atoms with Gasteiger partial charge in [0.25, 0.3) is 0 Å². The summed E-state index contributed by atoms with van der Waals surface area (Å²) in [5.41, 5.74) is -0.331. The van der Waals surface area contributed by atoms with Crippen molar-refractivity contribution in [1.82, 2.24) is 0 Å². The number of unbranched alkanes of at least 4 members (excludes halogenated alkanes) is 3. The summed E-state index contributed by atoms with van der Waals surface area (Å²) in [6, 6.07) is 9.75. The zero-order valence-electron chi connectivity index (χ0n) is 14.0. The molecule has 4 nitrogen and oxygen atoms in total. The van der Waals surface area contributed by atoms with Crippen molar-refractivity contribution < 1.29 is 14.6 Å². The van der Waals surface area contributed by atoms with Crippen molar-refractivity contribution in [2.75, 3.05) is 18.6 Å². The normalized spacial score (nSPS) is 13.1. The Kier molecular flexibility index (Phi) is 9.85. The number of hydrogen-bond acceptors (Lipinski definition) is 5. The van der Waals surface area contributed by atoms with Gasteiger partial charge in [0.2, 0.25) is 0 Å². The fourth-order valence-corrected chi connectivity index (χ4v) is 3.40. The van der Waals surface area contributed by atoms with Crippen LogP contribution in [0.25, 0.3) is 0 Å². The lowest BCUT2D eigenvalue weighted by atomic mass is 10.1. The second-order valence-electron chi connectivity index (χ2n) is 5.74. The summed E-state index contributed by atoms with van der Waals surface area (Å²) in [6.45, 7) is 0. The Bertz CT molecular complexity index is 544.